The van der Waals surface area contributed by atoms with Gasteiger partial charge in [-0.2, -0.15) is 4.39 Å². The molecule has 1 aliphatic heterocycles. The van der Waals surface area contributed by atoms with Gasteiger partial charge in [-0.3, -0.25) is 4.90 Å². The largest absolute Gasteiger partial charge is 0.304 e. The Balaban J connectivity index is 1.89. The van der Waals surface area contributed by atoms with Crippen LogP contribution in [0.25, 0.3) is 0 Å². The molecular formula is C11H16FN3. The first-order chi connectivity index (χ1) is 7.24. The molecule has 0 atom stereocenters. The van der Waals surface area contributed by atoms with Crippen LogP contribution < -0.4 is 0 Å². The lowest BCUT2D eigenvalue weighted by molar-refractivity contribution is 0.148. The molecule has 0 saturated carbocycles. The van der Waals surface area contributed by atoms with Crippen LogP contribution in [0.5, 0.6) is 0 Å². The van der Waals surface area contributed by atoms with Crippen LogP contribution in [0.2, 0.25) is 0 Å². The summed E-state index contributed by atoms with van der Waals surface area (Å²) >= 11 is 0. The number of aromatic nitrogens is 1. The summed E-state index contributed by atoms with van der Waals surface area (Å²) in [4.78, 5) is 8.34. The molecule has 0 radical (unpaired) electrons. The van der Waals surface area contributed by atoms with Gasteiger partial charge in [0.2, 0.25) is 5.95 Å². The van der Waals surface area contributed by atoms with Gasteiger partial charge in [0.15, 0.2) is 0 Å². The highest BCUT2D eigenvalue weighted by Crippen LogP contribution is 2.06. The zero-order valence-corrected chi connectivity index (χ0v) is 8.99. The molecular weight excluding hydrogens is 193 g/mol. The Morgan fingerprint density at radius 3 is 2.60 bits per heavy atom. The maximum atomic E-state index is 12.6. The van der Waals surface area contributed by atoms with Crippen molar-refractivity contribution in [2.45, 2.75) is 6.54 Å². The maximum absolute atomic E-state index is 12.6. The van der Waals surface area contributed by atoms with Crippen LogP contribution in [-0.2, 0) is 6.54 Å². The van der Waals surface area contributed by atoms with E-state index in [1.807, 2.05) is 0 Å². The molecule has 0 bridgehead atoms. The Hall–Kier alpha value is -1.00. The van der Waals surface area contributed by atoms with Gasteiger partial charge < -0.3 is 4.90 Å². The Bertz CT molecular complexity index is 304. The average molecular weight is 209 g/mol. The monoisotopic (exact) mass is 209 g/mol. The molecule has 0 aromatic carbocycles. The van der Waals surface area contributed by atoms with Crippen molar-refractivity contribution in [1.82, 2.24) is 14.8 Å². The predicted molar refractivity (Wildman–Crippen MR) is 57.0 cm³/mol. The van der Waals surface area contributed by atoms with E-state index in [4.69, 9.17) is 0 Å². The van der Waals surface area contributed by atoms with Gasteiger partial charge in [-0.15, -0.1) is 0 Å². The number of hydrogen-bond donors (Lipinski definition) is 0. The first-order valence-electron chi connectivity index (χ1n) is 5.25. The summed E-state index contributed by atoms with van der Waals surface area (Å²) in [7, 11) is 2.14. The highest BCUT2D eigenvalue weighted by molar-refractivity contribution is 5.09. The smallest absolute Gasteiger partial charge is 0.212 e. The number of rotatable bonds is 2. The van der Waals surface area contributed by atoms with E-state index in [1.54, 1.807) is 12.3 Å². The quantitative estimate of drug-likeness (QED) is 0.677. The number of hydrogen-bond acceptors (Lipinski definition) is 3. The van der Waals surface area contributed by atoms with Crippen molar-refractivity contribution in [2.75, 3.05) is 33.2 Å². The molecule has 0 unspecified atom stereocenters. The summed E-state index contributed by atoms with van der Waals surface area (Å²) in [6, 6.07) is 3.23. The first-order valence-corrected chi connectivity index (χ1v) is 5.25. The van der Waals surface area contributed by atoms with E-state index in [0.29, 0.717) is 0 Å². The second-order valence-electron chi connectivity index (χ2n) is 4.07. The Labute approximate surface area is 89.5 Å². The van der Waals surface area contributed by atoms with Crippen LogP contribution in [-0.4, -0.2) is 48.0 Å². The second-order valence-corrected chi connectivity index (χ2v) is 4.07. The Morgan fingerprint density at radius 2 is 2.00 bits per heavy atom. The van der Waals surface area contributed by atoms with Crippen molar-refractivity contribution in [3.05, 3.63) is 29.8 Å². The molecule has 0 aliphatic carbocycles. The molecule has 82 valence electrons. The van der Waals surface area contributed by atoms with Crippen molar-refractivity contribution >= 4 is 0 Å². The van der Waals surface area contributed by atoms with Crippen LogP contribution in [0.3, 0.4) is 0 Å². The standard InChI is InChI=1S/C11H16FN3/c1-14-4-6-15(7-5-14)9-10-2-3-11(12)13-8-10/h2-3,8H,4-7,9H2,1H3. The molecule has 1 saturated heterocycles. The highest BCUT2D eigenvalue weighted by Gasteiger charge is 2.13. The molecule has 15 heavy (non-hydrogen) atoms. The molecule has 1 aromatic heterocycles. The van der Waals surface area contributed by atoms with Gasteiger partial charge in [0, 0.05) is 38.9 Å². The average Bonchev–Trinajstić information content (AvgIpc) is 2.25. The molecule has 0 N–H and O–H groups in total. The number of pyridine rings is 1. The second kappa shape index (κ2) is 4.68. The molecule has 0 amide bonds. The van der Waals surface area contributed by atoms with E-state index in [0.717, 1.165) is 38.3 Å². The van der Waals surface area contributed by atoms with E-state index >= 15 is 0 Å². The maximum Gasteiger partial charge on any atom is 0.212 e. The van der Waals surface area contributed by atoms with Crippen molar-refractivity contribution in [3.63, 3.8) is 0 Å². The zero-order valence-electron chi connectivity index (χ0n) is 8.99. The van der Waals surface area contributed by atoms with E-state index in [9.17, 15) is 4.39 Å². The van der Waals surface area contributed by atoms with Gasteiger partial charge in [-0.1, -0.05) is 6.07 Å². The summed E-state index contributed by atoms with van der Waals surface area (Å²) in [6.45, 7) is 5.24. The minimum absolute atomic E-state index is 0.405. The van der Waals surface area contributed by atoms with Gasteiger partial charge in [-0.25, -0.2) is 4.98 Å². The molecule has 2 heterocycles. The van der Waals surface area contributed by atoms with Gasteiger partial charge in [-0.05, 0) is 18.7 Å². The third-order valence-electron chi connectivity index (χ3n) is 2.79. The zero-order chi connectivity index (χ0) is 10.7. The molecule has 1 fully saturated rings. The number of likely N-dealkylation sites (N-methyl/N-ethyl adjacent to an activating group) is 1. The van der Waals surface area contributed by atoms with Crippen LogP contribution in [0.4, 0.5) is 4.39 Å². The van der Waals surface area contributed by atoms with E-state index in [2.05, 4.69) is 21.8 Å². The number of nitrogens with zero attached hydrogens (tertiary/aromatic N) is 3. The summed E-state index contributed by atoms with van der Waals surface area (Å²) in [6.07, 6.45) is 1.62. The minimum atomic E-state index is -0.405. The van der Waals surface area contributed by atoms with Gasteiger partial charge in [0.1, 0.15) is 0 Å². The SMILES string of the molecule is CN1CCN(Cc2ccc(F)nc2)CC1. The summed E-state index contributed by atoms with van der Waals surface area (Å²) in [5, 5.41) is 0. The summed E-state index contributed by atoms with van der Waals surface area (Å²) in [5.74, 6) is -0.405. The van der Waals surface area contributed by atoms with Crippen LogP contribution in [0, 0.1) is 5.95 Å². The van der Waals surface area contributed by atoms with Crippen molar-refractivity contribution in [3.8, 4) is 0 Å². The lowest BCUT2D eigenvalue weighted by Crippen LogP contribution is -2.43. The normalized spacial score (nSPS) is 19.3. The van der Waals surface area contributed by atoms with Crippen LogP contribution in [0.1, 0.15) is 5.56 Å². The number of piperazine rings is 1. The predicted octanol–water partition coefficient (Wildman–Crippen LogP) is 0.968. The van der Waals surface area contributed by atoms with E-state index < -0.39 is 5.95 Å². The van der Waals surface area contributed by atoms with Crippen molar-refractivity contribution < 1.29 is 4.39 Å². The fraction of sp³-hybridized carbons (Fsp3) is 0.545. The van der Waals surface area contributed by atoms with E-state index in [1.165, 1.54) is 6.07 Å². The molecule has 0 spiro atoms. The van der Waals surface area contributed by atoms with Crippen LogP contribution in [0.15, 0.2) is 18.3 Å². The fourth-order valence-corrected chi connectivity index (χ4v) is 1.76. The lowest BCUT2D eigenvalue weighted by atomic mass is 10.2. The first kappa shape index (κ1) is 10.5. The van der Waals surface area contributed by atoms with Crippen molar-refractivity contribution in [1.29, 1.82) is 0 Å². The third-order valence-corrected chi connectivity index (χ3v) is 2.79. The molecule has 1 aromatic rings. The third kappa shape index (κ3) is 2.97. The Kier molecular flexibility index (Phi) is 3.28. The topological polar surface area (TPSA) is 19.4 Å². The molecule has 4 heteroatoms. The van der Waals surface area contributed by atoms with Gasteiger partial charge >= 0.3 is 0 Å². The highest BCUT2D eigenvalue weighted by atomic mass is 19.1. The summed E-state index contributed by atoms with van der Waals surface area (Å²) in [5.41, 5.74) is 1.08. The van der Waals surface area contributed by atoms with E-state index in [-0.39, 0.29) is 0 Å². The number of halogens is 1. The molecule has 3 nitrogen and oxygen atoms in total. The van der Waals surface area contributed by atoms with Gasteiger partial charge in [0.25, 0.3) is 0 Å². The minimum Gasteiger partial charge on any atom is -0.304 e. The van der Waals surface area contributed by atoms with Gasteiger partial charge in [0.05, 0.1) is 0 Å². The molecule has 2 rings (SSSR count). The fourth-order valence-electron chi connectivity index (χ4n) is 1.76. The Morgan fingerprint density at radius 1 is 1.27 bits per heavy atom. The lowest BCUT2D eigenvalue weighted by Gasteiger charge is -2.32. The molecule has 1 aliphatic rings. The van der Waals surface area contributed by atoms with Crippen molar-refractivity contribution in [2.24, 2.45) is 0 Å². The van der Waals surface area contributed by atoms with Crippen LogP contribution >= 0.6 is 0 Å². The summed E-state index contributed by atoms with van der Waals surface area (Å²) < 4.78 is 12.6.